The molecule has 0 bridgehead atoms. The van der Waals surface area contributed by atoms with Crippen LogP contribution >= 0.6 is 11.8 Å². The van der Waals surface area contributed by atoms with Gasteiger partial charge in [-0.1, -0.05) is 0 Å². The number of nitrogens with zero attached hydrogens (tertiary/aromatic N) is 1. The second-order valence-electron chi connectivity index (χ2n) is 4.61. The van der Waals surface area contributed by atoms with Crippen molar-refractivity contribution < 1.29 is 18.8 Å². The van der Waals surface area contributed by atoms with Gasteiger partial charge in [0.25, 0.3) is 0 Å². The minimum atomic E-state index is -0.378. The first-order valence-electron chi connectivity index (χ1n) is 6.48. The highest BCUT2D eigenvalue weighted by atomic mass is 32.2. The summed E-state index contributed by atoms with van der Waals surface area (Å²) in [7, 11) is 3.20. The van der Waals surface area contributed by atoms with E-state index in [1.807, 2.05) is 0 Å². The molecule has 0 saturated carbocycles. The average molecular weight is 327 g/mol. The van der Waals surface area contributed by atoms with Gasteiger partial charge in [-0.05, 0) is 24.3 Å². The van der Waals surface area contributed by atoms with Gasteiger partial charge < -0.3 is 15.5 Å². The molecule has 3 amide bonds. The molecule has 1 aromatic carbocycles. The standard InChI is InChI=1S/C14H18FN3O3S/c1-18(2)14(21)7-16-12(19)8-22-9-13(20)17-11-5-3-10(15)4-6-11/h3-6H,7-9H2,1-2H3,(H,16,19)(H,17,20). The number of amides is 3. The summed E-state index contributed by atoms with van der Waals surface area (Å²) in [6.45, 7) is -0.0613. The van der Waals surface area contributed by atoms with E-state index in [0.717, 1.165) is 11.8 Å². The van der Waals surface area contributed by atoms with Crippen molar-refractivity contribution in [2.45, 2.75) is 0 Å². The van der Waals surface area contributed by atoms with Crippen LogP contribution in [0.2, 0.25) is 0 Å². The Hall–Kier alpha value is -2.09. The van der Waals surface area contributed by atoms with E-state index >= 15 is 0 Å². The number of thioether (sulfide) groups is 1. The van der Waals surface area contributed by atoms with E-state index in [4.69, 9.17) is 0 Å². The molecule has 0 heterocycles. The molecule has 22 heavy (non-hydrogen) atoms. The molecule has 8 heteroatoms. The van der Waals surface area contributed by atoms with Crippen molar-refractivity contribution in [1.82, 2.24) is 10.2 Å². The number of carbonyl (C=O) groups excluding carboxylic acids is 3. The Morgan fingerprint density at radius 1 is 1.09 bits per heavy atom. The van der Waals surface area contributed by atoms with Crippen LogP contribution in [0.15, 0.2) is 24.3 Å². The Labute approximate surface area is 132 Å². The van der Waals surface area contributed by atoms with Crippen molar-refractivity contribution in [2.24, 2.45) is 0 Å². The number of halogens is 1. The van der Waals surface area contributed by atoms with Gasteiger partial charge in [-0.3, -0.25) is 14.4 Å². The first-order valence-corrected chi connectivity index (χ1v) is 7.64. The molecule has 0 saturated heterocycles. The molecule has 120 valence electrons. The van der Waals surface area contributed by atoms with E-state index in [1.165, 1.54) is 29.2 Å². The van der Waals surface area contributed by atoms with Crippen LogP contribution in [0.5, 0.6) is 0 Å². The summed E-state index contributed by atoms with van der Waals surface area (Å²) in [5, 5.41) is 5.06. The quantitative estimate of drug-likeness (QED) is 0.773. The molecule has 0 radical (unpaired) electrons. The first-order chi connectivity index (χ1) is 10.4. The lowest BCUT2D eigenvalue weighted by Crippen LogP contribution is -2.37. The molecule has 1 rings (SSSR count). The Balaban J connectivity index is 2.20. The molecule has 6 nitrogen and oxygen atoms in total. The lowest BCUT2D eigenvalue weighted by molar-refractivity contribution is -0.130. The summed E-state index contributed by atoms with van der Waals surface area (Å²) in [6.07, 6.45) is 0. The maximum absolute atomic E-state index is 12.7. The van der Waals surface area contributed by atoms with Crippen LogP contribution in [0.25, 0.3) is 0 Å². The summed E-state index contributed by atoms with van der Waals surface area (Å²) in [6, 6.07) is 5.41. The zero-order valence-electron chi connectivity index (χ0n) is 12.4. The van der Waals surface area contributed by atoms with Gasteiger partial charge >= 0.3 is 0 Å². The van der Waals surface area contributed by atoms with E-state index in [9.17, 15) is 18.8 Å². The molecule has 0 fully saturated rings. The third-order valence-corrected chi connectivity index (χ3v) is 3.46. The highest BCUT2D eigenvalue weighted by Gasteiger charge is 2.09. The Kier molecular flexibility index (Phi) is 7.38. The van der Waals surface area contributed by atoms with E-state index < -0.39 is 0 Å². The summed E-state index contributed by atoms with van der Waals surface area (Å²) in [5.74, 6) is -1.00. The van der Waals surface area contributed by atoms with Gasteiger partial charge in [0.05, 0.1) is 18.1 Å². The number of hydrogen-bond acceptors (Lipinski definition) is 4. The number of benzene rings is 1. The molecule has 2 N–H and O–H groups in total. The molecular formula is C14H18FN3O3S. The van der Waals surface area contributed by atoms with Crippen LogP contribution in [0.1, 0.15) is 0 Å². The van der Waals surface area contributed by atoms with E-state index in [0.29, 0.717) is 5.69 Å². The number of nitrogens with one attached hydrogen (secondary N) is 2. The fraction of sp³-hybridized carbons (Fsp3) is 0.357. The zero-order chi connectivity index (χ0) is 16.5. The van der Waals surface area contributed by atoms with Gasteiger partial charge in [0.2, 0.25) is 17.7 Å². The summed E-state index contributed by atoms with van der Waals surface area (Å²) >= 11 is 1.13. The van der Waals surface area contributed by atoms with Gasteiger partial charge in [-0.25, -0.2) is 4.39 Å². The van der Waals surface area contributed by atoms with Crippen molar-refractivity contribution in [3.63, 3.8) is 0 Å². The van der Waals surface area contributed by atoms with Crippen molar-refractivity contribution in [3.8, 4) is 0 Å². The van der Waals surface area contributed by atoms with Crippen molar-refractivity contribution in [1.29, 1.82) is 0 Å². The molecule has 0 unspecified atom stereocenters. The summed E-state index contributed by atoms with van der Waals surface area (Å²) < 4.78 is 12.7. The van der Waals surface area contributed by atoms with E-state index in [-0.39, 0.29) is 41.6 Å². The molecule has 0 atom stereocenters. The Morgan fingerprint density at radius 3 is 2.27 bits per heavy atom. The van der Waals surface area contributed by atoms with Crippen LogP contribution in [0.4, 0.5) is 10.1 Å². The summed E-state index contributed by atoms with van der Waals surface area (Å²) in [4.78, 5) is 35.7. The maximum atomic E-state index is 12.7. The fourth-order valence-electron chi connectivity index (χ4n) is 1.35. The summed E-state index contributed by atoms with van der Waals surface area (Å²) in [5.41, 5.74) is 0.494. The second-order valence-corrected chi connectivity index (χ2v) is 5.60. The highest BCUT2D eigenvalue weighted by Crippen LogP contribution is 2.09. The monoisotopic (exact) mass is 327 g/mol. The highest BCUT2D eigenvalue weighted by molar-refractivity contribution is 8.00. The predicted molar refractivity (Wildman–Crippen MR) is 84.1 cm³/mol. The predicted octanol–water partition coefficient (Wildman–Crippen LogP) is 0.702. The largest absolute Gasteiger partial charge is 0.347 e. The van der Waals surface area contributed by atoms with Crippen LogP contribution in [-0.4, -0.2) is 54.8 Å². The smallest absolute Gasteiger partial charge is 0.241 e. The van der Waals surface area contributed by atoms with Crippen molar-refractivity contribution >= 4 is 35.2 Å². The van der Waals surface area contributed by atoms with Crippen LogP contribution in [0, 0.1) is 5.82 Å². The number of likely N-dealkylation sites (N-methyl/N-ethyl adjacent to an activating group) is 1. The lowest BCUT2D eigenvalue weighted by Gasteiger charge is -2.10. The molecule has 0 aliphatic heterocycles. The van der Waals surface area contributed by atoms with Crippen molar-refractivity contribution in [3.05, 3.63) is 30.1 Å². The molecule has 1 aromatic rings. The topological polar surface area (TPSA) is 78.5 Å². The van der Waals surface area contributed by atoms with E-state index in [1.54, 1.807) is 14.1 Å². The minimum Gasteiger partial charge on any atom is -0.347 e. The van der Waals surface area contributed by atoms with Gasteiger partial charge in [0.1, 0.15) is 5.82 Å². The van der Waals surface area contributed by atoms with Gasteiger partial charge in [0, 0.05) is 19.8 Å². The molecule has 0 aliphatic rings. The van der Waals surface area contributed by atoms with Gasteiger partial charge in [0.15, 0.2) is 0 Å². The average Bonchev–Trinajstić information content (AvgIpc) is 2.47. The van der Waals surface area contributed by atoms with Gasteiger partial charge in [-0.2, -0.15) is 0 Å². The lowest BCUT2D eigenvalue weighted by atomic mass is 10.3. The van der Waals surface area contributed by atoms with Gasteiger partial charge in [-0.15, -0.1) is 11.8 Å². The number of hydrogen-bond donors (Lipinski definition) is 2. The Morgan fingerprint density at radius 2 is 1.68 bits per heavy atom. The second kappa shape index (κ2) is 9.04. The number of rotatable bonds is 7. The van der Waals surface area contributed by atoms with Crippen LogP contribution < -0.4 is 10.6 Å². The third-order valence-electron chi connectivity index (χ3n) is 2.53. The van der Waals surface area contributed by atoms with Crippen LogP contribution in [0.3, 0.4) is 0 Å². The van der Waals surface area contributed by atoms with E-state index in [2.05, 4.69) is 10.6 Å². The van der Waals surface area contributed by atoms with Crippen LogP contribution in [-0.2, 0) is 14.4 Å². The number of anilines is 1. The van der Waals surface area contributed by atoms with Crippen molar-refractivity contribution in [2.75, 3.05) is 37.5 Å². The molecular weight excluding hydrogens is 309 g/mol. The maximum Gasteiger partial charge on any atom is 0.241 e. The third kappa shape index (κ3) is 7.07. The first kappa shape index (κ1) is 18.0. The molecule has 0 spiro atoms. The Bertz CT molecular complexity index is 535. The molecule has 0 aromatic heterocycles. The zero-order valence-corrected chi connectivity index (χ0v) is 13.2. The normalized spacial score (nSPS) is 9.95. The molecule has 0 aliphatic carbocycles. The minimum absolute atomic E-state index is 0.0613. The number of carbonyl (C=O) groups is 3. The fourth-order valence-corrected chi connectivity index (χ4v) is 2.00. The SMILES string of the molecule is CN(C)C(=O)CNC(=O)CSCC(=O)Nc1ccc(F)cc1.